The Morgan fingerprint density at radius 1 is 1.00 bits per heavy atom. The number of aliphatic imine (C=N–C) groups is 1. The van der Waals surface area contributed by atoms with Gasteiger partial charge in [0.05, 0.1) is 12.7 Å². The van der Waals surface area contributed by atoms with Crippen molar-refractivity contribution in [1.82, 2.24) is 10.9 Å². The van der Waals surface area contributed by atoms with Crippen molar-refractivity contribution in [3.05, 3.63) is 110 Å². The van der Waals surface area contributed by atoms with Crippen LogP contribution >= 0.6 is 0 Å². The number of carbonyl (C=O) groups is 1. The molecular formula is C32H37N9O5. The molecule has 2 atom stereocenters. The number of aliphatic hydroxyl groups is 1. The molecule has 1 aliphatic rings. The van der Waals surface area contributed by atoms with E-state index in [1.807, 2.05) is 13.8 Å². The van der Waals surface area contributed by atoms with E-state index in [2.05, 4.69) is 30.9 Å². The highest BCUT2D eigenvalue weighted by Gasteiger charge is 2.54. The molecule has 1 heterocycles. The number of azide groups is 2. The summed E-state index contributed by atoms with van der Waals surface area (Å²) in [5.41, 5.74) is 24.9. The highest BCUT2D eigenvalue weighted by atomic mass is 16.5. The van der Waals surface area contributed by atoms with Crippen molar-refractivity contribution in [2.45, 2.75) is 50.9 Å². The molecule has 4 rings (SSSR count). The molecule has 3 aromatic rings. The molecule has 0 saturated carbocycles. The van der Waals surface area contributed by atoms with Crippen LogP contribution in [0.2, 0.25) is 0 Å². The molecule has 0 radical (unpaired) electrons. The minimum atomic E-state index is -1.64. The second-order valence-electron chi connectivity index (χ2n) is 10.7. The topological polar surface area (TPSA) is 199 Å². The average Bonchev–Trinajstić information content (AvgIpc) is 3.44. The molecule has 46 heavy (non-hydrogen) atoms. The van der Waals surface area contributed by atoms with Crippen LogP contribution in [0.1, 0.15) is 49.5 Å². The summed E-state index contributed by atoms with van der Waals surface area (Å²) in [5.74, 6) is 0.274. The normalized spacial score (nSPS) is 17.0. The molecule has 14 heteroatoms. The van der Waals surface area contributed by atoms with Crippen LogP contribution in [0.4, 0.5) is 11.4 Å². The van der Waals surface area contributed by atoms with Gasteiger partial charge in [-0.3, -0.25) is 10.2 Å². The van der Waals surface area contributed by atoms with Gasteiger partial charge in [0, 0.05) is 64.9 Å². The highest BCUT2D eigenvalue weighted by Crippen LogP contribution is 2.46. The summed E-state index contributed by atoms with van der Waals surface area (Å²) in [6.45, 7) is 5.23. The Balaban J connectivity index is 1.79. The van der Waals surface area contributed by atoms with Gasteiger partial charge in [-0.05, 0) is 61.2 Å². The first-order chi connectivity index (χ1) is 22.4. The number of aliphatic hydroxyl groups excluding tert-OH is 1. The van der Waals surface area contributed by atoms with Crippen LogP contribution in [-0.2, 0) is 20.7 Å². The number of amides is 1. The molecule has 0 spiro atoms. The van der Waals surface area contributed by atoms with Crippen molar-refractivity contribution in [2.24, 2.45) is 15.2 Å². The van der Waals surface area contributed by atoms with Gasteiger partial charge in [-0.1, -0.05) is 58.8 Å². The Bertz CT molecular complexity index is 1600. The molecule has 0 saturated heterocycles. The van der Waals surface area contributed by atoms with Crippen LogP contribution < -0.4 is 15.6 Å². The molecule has 1 aliphatic heterocycles. The second-order valence-corrected chi connectivity index (χ2v) is 10.7. The number of carbonyl (C=O) groups excluding carboxylic acids is 1. The quantitative estimate of drug-likeness (QED) is 0.0518. The number of nitrogens with zero attached hydrogens (tertiary/aromatic N) is 7. The van der Waals surface area contributed by atoms with Gasteiger partial charge in [-0.15, -0.1) is 0 Å². The van der Waals surface area contributed by atoms with Gasteiger partial charge in [-0.25, -0.2) is 10.4 Å². The van der Waals surface area contributed by atoms with Crippen LogP contribution in [0.5, 0.6) is 5.75 Å². The van der Waals surface area contributed by atoms with E-state index < -0.39 is 17.6 Å². The summed E-state index contributed by atoms with van der Waals surface area (Å²) in [6.07, 6.45) is 0.169. The van der Waals surface area contributed by atoms with Gasteiger partial charge in [0.2, 0.25) is 5.90 Å². The number of hydrogen-bond donors (Lipinski definition) is 3. The lowest BCUT2D eigenvalue weighted by atomic mass is 9.81. The number of benzene rings is 3. The first-order valence-corrected chi connectivity index (χ1v) is 14.9. The van der Waals surface area contributed by atoms with E-state index >= 15 is 0 Å². The van der Waals surface area contributed by atoms with E-state index in [-0.39, 0.29) is 30.7 Å². The van der Waals surface area contributed by atoms with Crippen molar-refractivity contribution < 1.29 is 24.1 Å². The number of nitrogens with one attached hydrogen (secondary N) is 2. The lowest BCUT2D eigenvalue weighted by molar-refractivity contribution is -0.130. The Morgan fingerprint density at radius 3 is 2.41 bits per heavy atom. The van der Waals surface area contributed by atoms with Crippen molar-refractivity contribution in [1.29, 1.82) is 0 Å². The summed E-state index contributed by atoms with van der Waals surface area (Å²) < 4.78 is 17.8. The van der Waals surface area contributed by atoms with Gasteiger partial charge < -0.3 is 19.3 Å². The maximum absolute atomic E-state index is 14.4. The van der Waals surface area contributed by atoms with E-state index in [4.69, 9.17) is 24.3 Å². The summed E-state index contributed by atoms with van der Waals surface area (Å²) in [5, 5.41) is 16.8. The van der Waals surface area contributed by atoms with Gasteiger partial charge in [0.15, 0.2) is 11.6 Å². The largest absolute Gasteiger partial charge is 0.494 e. The molecule has 0 unspecified atom stereocenters. The smallest absolute Gasteiger partial charge is 0.266 e. The third kappa shape index (κ3) is 8.54. The van der Waals surface area contributed by atoms with Crippen molar-refractivity contribution >= 4 is 23.2 Å². The number of ether oxygens (including phenoxy) is 3. The van der Waals surface area contributed by atoms with E-state index in [1.54, 1.807) is 72.8 Å². The maximum atomic E-state index is 14.4. The fraction of sp³-hybridized carbons (Fsp3) is 0.375. The zero-order valence-corrected chi connectivity index (χ0v) is 25.7. The van der Waals surface area contributed by atoms with Crippen LogP contribution in [-0.4, -0.2) is 54.9 Å². The van der Waals surface area contributed by atoms with Gasteiger partial charge >= 0.3 is 0 Å². The molecule has 1 amide bonds. The maximum Gasteiger partial charge on any atom is 0.266 e. The predicted molar refractivity (Wildman–Crippen MR) is 173 cm³/mol. The van der Waals surface area contributed by atoms with Crippen LogP contribution in [0.3, 0.4) is 0 Å². The van der Waals surface area contributed by atoms with Crippen LogP contribution in [0, 0.1) is 0 Å². The van der Waals surface area contributed by atoms with Gasteiger partial charge in [-0.2, -0.15) is 0 Å². The van der Waals surface area contributed by atoms with Crippen molar-refractivity contribution in [3.8, 4) is 5.75 Å². The molecule has 0 aliphatic carbocycles. The fourth-order valence-electron chi connectivity index (χ4n) is 4.93. The summed E-state index contributed by atoms with van der Waals surface area (Å²) in [7, 11) is 0. The Kier molecular flexibility index (Phi) is 12.4. The van der Waals surface area contributed by atoms with E-state index in [9.17, 15) is 15.9 Å². The molecule has 0 bridgehead atoms. The summed E-state index contributed by atoms with van der Waals surface area (Å²) in [6, 6.07) is 20.8. The van der Waals surface area contributed by atoms with E-state index in [1.165, 1.54) is 0 Å². The zero-order chi connectivity index (χ0) is 32.8. The molecule has 3 aromatic carbocycles. The van der Waals surface area contributed by atoms with Crippen LogP contribution in [0.15, 0.2) is 88.0 Å². The number of hydrogen-bond acceptors (Lipinski definition) is 9. The SMILES string of the molecule is CC(C)OCCCNNC(=O)[C@@]1(Cc2ccccc2N=[N+]=[N-])N=C(c2ccc(OCCCO)cc2)O[C@H]1c1ccccc1N=[N+]=[N-]. The first-order valence-electron chi connectivity index (χ1n) is 14.9. The Labute approximate surface area is 266 Å². The third-order valence-corrected chi connectivity index (χ3v) is 7.10. The minimum Gasteiger partial charge on any atom is -0.494 e. The molecule has 3 N–H and O–H groups in total. The van der Waals surface area contributed by atoms with Gasteiger partial charge in [0.1, 0.15) is 5.75 Å². The summed E-state index contributed by atoms with van der Waals surface area (Å²) >= 11 is 0. The molecule has 240 valence electrons. The third-order valence-electron chi connectivity index (χ3n) is 7.10. The average molecular weight is 628 g/mol. The minimum absolute atomic E-state index is 0.0205. The fourth-order valence-corrected chi connectivity index (χ4v) is 4.93. The second kappa shape index (κ2) is 16.8. The molecule has 0 aromatic heterocycles. The number of hydrazine groups is 1. The number of rotatable bonds is 17. The monoisotopic (exact) mass is 627 g/mol. The van der Waals surface area contributed by atoms with Crippen LogP contribution in [0.25, 0.3) is 20.9 Å². The Hall–Kier alpha value is -5.10. The Morgan fingerprint density at radius 2 is 1.70 bits per heavy atom. The predicted octanol–water partition coefficient (Wildman–Crippen LogP) is 6.27. The molecular weight excluding hydrogens is 590 g/mol. The van der Waals surface area contributed by atoms with Gasteiger partial charge in [0.25, 0.3) is 5.91 Å². The standard InChI is InChI=1S/C32H37N9O5/c1-22(2)44-19-7-17-35-39-31(43)32(21-24-9-3-5-11-27(24)37-40-33)29(26-10-4-6-12-28(26)38-41-34)46-30(36-32)23-13-15-25(16-14-23)45-20-8-18-42/h3-6,9-16,22,29,35,42H,7-8,17-21H2,1-2H3,(H,39,43)/t29-,32-/m0/s1. The lowest BCUT2D eigenvalue weighted by Crippen LogP contribution is -2.54. The van der Waals surface area contributed by atoms with E-state index in [0.29, 0.717) is 60.7 Å². The highest BCUT2D eigenvalue weighted by molar-refractivity contribution is 6.01. The molecule has 0 fully saturated rings. The van der Waals surface area contributed by atoms with E-state index in [0.717, 1.165) is 0 Å². The first kappa shape index (κ1) is 33.8. The zero-order valence-electron chi connectivity index (χ0n) is 25.7. The lowest BCUT2D eigenvalue weighted by Gasteiger charge is -2.31. The summed E-state index contributed by atoms with van der Waals surface area (Å²) in [4.78, 5) is 25.3. The van der Waals surface area contributed by atoms with Crippen molar-refractivity contribution in [3.63, 3.8) is 0 Å². The van der Waals surface area contributed by atoms with Crippen molar-refractivity contribution in [2.75, 3.05) is 26.4 Å². The molecule has 14 nitrogen and oxygen atoms in total.